The first-order chi connectivity index (χ1) is 7.97. The van der Waals surface area contributed by atoms with Crippen molar-refractivity contribution < 1.29 is 32.8 Å². The summed E-state index contributed by atoms with van der Waals surface area (Å²) < 4.78 is 0. The zero-order valence-corrected chi connectivity index (χ0v) is 20.4. The molecule has 0 aliphatic carbocycles. The van der Waals surface area contributed by atoms with Gasteiger partial charge in [-0.2, -0.15) is 0 Å². The molecule has 21 heavy (non-hydrogen) atoms. The Balaban J connectivity index is -0.00000162. The molecule has 0 aromatic rings. The second-order valence-electron chi connectivity index (χ2n) is 9.68. The maximum Gasteiger partial charge on any atom is 2.00 e. The molecule has 0 aliphatic heterocycles. The summed E-state index contributed by atoms with van der Waals surface area (Å²) in [6.45, 7) is 29.4. The van der Waals surface area contributed by atoms with Crippen molar-refractivity contribution in [2.24, 2.45) is 0 Å². The van der Waals surface area contributed by atoms with Crippen LogP contribution < -0.4 is 12.4 Å². The van der Waals surface area contributed by atoms with Gasteiger partial charge in [-0.3, -0.25) is 0 Å². The van der Waals surface area contributed by atoms with Crippen LogP contribution in [0.5, 0.6) is 0 Å². The molecule has 0 amide bonds. The van der Waals surface area contributed by atoms with Crippen molar-refractivity contribution in [1.29, 1.82) is 0 Å². The largest absolute Gasteiger partial charge is 2.00 e. The molecule has 0 rings (SSSR count). The van der Waals surface area contributed by atoms with Crippen molar-refractivity contribution in [3.8, 4) is 0 Å². The number of hydrogen-bond donors (Lipinski definition) is 0. The Bertz CT molecular complexity index is 232. The summed E-state index contributed by atoms with van der Waals surface area (Å²) in [5, 5.41) is 1.80. The Labute approximate surface area is 158 Å². The minimum atomic E-state index is 0. The Morgan fingerprint density at radius 3 is 0.714 bits per heavy atom. The standard InChI is InChI=1S/C17H38P2.ClH.Pd/c1-14(2,3)18(15(4,5)6)13-19(16(7,8)9)17(10,11)12;;/h13H2,1-12H3;1H;/q;;+2/p-1. The minimum absolute atomic E-state index is 0. The van der Waals surface area contributed by atoms with Gasteiger partial charge in [0.25, 0.3) is 0 Å². The summed E-state index contributed by atoms with van der Waals surface area (Å²) in [5.74, 6) is 1.45. The predicted octanol–water partition coefficient (Wildman–Crippen LogP) is 4.10. The molecular formula is C17H38ClP2Pd+. The fraction of sp³-hybridized carbons (Fsp3) is 1.00. The average molecular weight is 446 g/mol. The smallest absolute Gasteiger partial charge is 1.00 e. The number of halogens is 1. The Morgan fingerprint density at radius 2 is 0.619 bits per heavy atom. The summed E-state index contributed by atoms with van der Waals surface area (Å²) in [6.07, 6.45) is 0. The van der Waals surface area contributed by atoms with E-state index in [0.717, 1.165) is 0 Å². The van der Waals surface area contributed by atoms with E-state index in [1.54, 1.807) is 0 Å². The summed E-state index contributed by atoms with van der Waals surface area (Å²) >= 11 is 0. The van der Waals surface area contributed by atoms with E-state index >= 15 is 0 Å². The Morgan fingerprint density at radius 1 is 0.476 bits per heavy atom. The van der Waals surface area contributed by atoms with Crippen molar-refractivity contribution in [3.05, 3.63) is 0 Å². The van der Waals surface area contributed by atoms with Gasteiger partial charge >= 0.3 is 20.4 Å². The molecule has 0 saturated heterocycles. The van der Waals surface area contributed by atoms with E-state index in [4.69, 9.17) is 0 Å². The molecule has 0 bridgehead atoms. The Hall–Kier alpha value is 1.81. The van der Waals surface area contributed by atoms with Gasteiger partial charge < -0.3 is 12.4 Å². The first kappa shape index (κ1) is 27.7. The normalized spacial score (nSPS) is 14.0. The fourth-order valence-corrected chi connectivity index (χ4v) is 14.9. The quantitative estimate of drug-likeness (QED) is 0.443. The Kier molecular flexibility index (Phi) is 11.6. The fourth-order valence-electron chi connectivity index (χ4n) is 3.00. The van der Waals surface area contributed by atoms with Gasteiger partial charge in [-0.05, 0) is 26.5 Å². The van der Waals surface area contributed by atoms with Gasteiger partial charge in [0, 0.05) is 0 Å². The van der Waals surface area contributed by atoms with Crippen molar-refractivity contribution in [2.45, 2.75) is 104 Å². The van der Waals surface area contributed by atoms with Gasteiger partial charge in [-0.1, -0.05) is 98.9 Å². The molecule has 4 heteroatoms. The molecule has 0 aliphatic rings. The van der Waals surface area contributed by atoms with Gasteiger partial charge in [-0.15, -0.1) is 0 Å². The van der Waals surface area contributed by atoms with Crippen LogP contribution in [0.2, 0.25) is 0 Å². The summed E-state index contributed by atoms with van der Waals surface area (Å²) in [4.78, 5) is 0. The van der Waals surface area contributed by atoms with Crippen LogP contribution in [0, 0.1) is 0 Å². The van der Waals surface area contributed by atoms with Crippen LogP contribution in [-0.2, 0) is 20.4 Å². The first-order valence-corrected chi connectivity index (χ1v) is 10.6. The maximum atomic E-state index is 2.45. The average Bonchev–Trinajstić information content (AvgIpc) is 1.91. The molecule has 0 fully saturated rings. The van der Waals surface area contributed by atoms with E-state index in [-0.39, 0.29) is 48.7 Å². The van der Waals surface area contributed by atoms with Gasteiger partial charge in [0.2, 0.25) is 0 Å². The molecule has 0 aromatic carbocycles. The van der Waals surface area contributed by atoms with Gasteiger partial charge in [0.15, 0.2) is 0 Å². The van der Waals surface area contributed by atoms with E-state index < -0.39 is 0 Å². The van der Waals surface area contributed by atoms with Crippen molar-refractivity contribution >= 4 is 15.8 Å². The second kappa shape index (κ2) is 8.78. The summed E-state index contributed by atoms with van der Waals surface area (Å²) in [6, 6.07) is 0. The van der Waals surface area contributed by atoms with Gasteiger partial charge in [0.1, 0.15) is 0 Å². The van der Waals surface area contributed by atoms with Gasteiger partial charge in [0.05, 0.1) is 0 Å². The van der Waals surface area contributed by atoms with Crippen LogP contribution in [0.4, 0.5) is 0 Å². The van der Waals surface area contributed by atoms with Crippen molar-refractivity contribution in [1.82, 2.24) is 0 Å². The van der Waals surface area contributed by atoms with Crippen molar-refractivity contribution in [3.63, 3.8) is 0 Å². The zero-order chi connectivity index (χ0) is 15.9. The number of rotatable bonds is 2. The maximum absolute atomic E-state index is 2.45. The molecule has 0 N–H and O–H groups in total. The molecule has 0 saturated carbocycles. The molecule has 132 valence electrons. The van der Waals surface area contributed by atoms with E-state index in [9.17, 15) is 0 Å². The molecule has 0 spiro atoms. The zero-order valence-electron chi connectivity index (χ0n) is 16.3. The SMILES string of the molecule is CC(C)(C)P(CP(C(C)(C)C)C(C)(C)C)C(C)(C)C.[Cl-].[Pd+2]. The number of hydrogen-bond acceptors (Lipinski definition) is 0. The third-order valence-electron chi connectivity index (χ3n) is 3.52. The molecule has 0 unspecified atom stereocenters. The second-order valence-corrected chi connectivity index (χ2v) is 17.9. The molecule has 0 atom stereocenters. The van der Waals surface area contributed by atoms with Crippen LogP contribution in [0.15, 0.2) is 0 Å². The van der Waals surface area contributed by atoms with Crippen molar-refractivity contribution in [2.75, 3.05) is 5.90 Å². The van der Waals surface area contributed by atoms with Crippen LogP contribution in [-0.4, -0.2) is 26.5 Å². The van der Waals surface area contributed by atoms with Crippen LogP contribution in [0.3, 0.4) is 0 Å². The summed E-state index contributed by atoms with van der Waals surface area (Å²) in [7, 11) is 0.0363. The topological polar surface area (TPSA) is 0 Å². The van der Waals surface area contributed by atoms with E-state index in [0.29, 0.717) is 20.6 Å². The van der Waals surface area contributed by atoms with Crippen LogP contribution >= 0.6 is 15.8 Å². The van der Waals surface area contributed by atoms with Gasteiger partial charge in [-0.25, -0.2) is 0 Å². The molecule has 0 aromatic heterocycles. The monoisotopic (exact) mass is 445 g/mol. The van der Waals surface area contributed by atoms with Crippen LogP contribution in [0.25, 0.3) is 0 Å². The predicted molar refractivity (Wildman–Crippen MR) is 97.7 cm³/mol. The van der Waals surface area contributed by atoms with E-state index in [1.807, 2.05) is 0 Å². The van der Waals surface area contributed by atoms with E-state index in [1.165, 1.54) is 5.90 Å². The minimum Gasteiger partial charge on any atom is -1.00 e. The molecule has 0 radical (unpaired) electrons. The van der Waals surface area contributed by atoms with E-state index in [2.05, 4.69) is 83.1 Å². The summed E-state index contributed by atoms with van der Waals surface area (Å²) in [5.41, 5.74) is 0. The van der Waals surface area contributed by atoms with Crippen LogP contribution in [0.1, 0.15) is 83.1 Å². The third kappa shape index (κ3) is 9.63. The molecule has 0 heterocycles. The third-order valence-corrected chi connectivity index (χ3v) is 12.3. The molecular weight excluding hydrogens is 408 g/mol. The molecule has 0 nitrogen and oxygen atoms in total. The first-order valence-electron chi connectivity index (χ1n) is 7.53.